The van der Waals surface area contributed by atoms with Crippen molar-refractivity contribution >= 4 is 28.9 Å². The third-order valence-electron chi connectivity index (χ3n) is 3.33. The smallest absolute Gasteiger partial charge is 0.277 e. The molecule has 0 fully saturated rings. The van der Waals surface area contributed by atoms with Crippen molar-refractivity contribution in [3.05, 3.63) is 58.4 Å². The van der Waals surface area contributed by atoms with E-state index in [0.29, 0.717) is 0 Å². The topological polar surface area (TPSA) is 79.8 Å². The molecule has 0 aliphatic carbocycles. The van der Waals surface area contributed by atoms with Crippen molar-refractivity contribution in [1.82, 2.24) is 5.48 Å². The molecule has 0 radical (unpaired) electrons. The van der Waals surface area contributed by atoms with Gasteiger partial charge in [0.15, 0.2) is 11.6 Å². The molecule has 2 rings (SSSR count). The molecule has 0 aliphatic heterocycles. The molecule has 1 atom stereocenters. The number of aliphatic hydroxyl groups is 1. The summed E-state index contributed by atoms with van der Waals surface area (Å²) in [7, 11) is 1.37. The lowest BCUT2D eigenvalue weighted by Gasteiger charge is -2.15. The Morgan fingerprint density at radius 3 is 2.59 bits per heavy atom. The molecule has 0 bridgehead atoms. The molecule has 2 aromatic rings. The minimum absolute atomic E-state index is 0.0241. The van der Waals surface area contributed by atoms with Crippen molar-refractivity contribution in [2.45, 2.75) is 6.10 Å². The van der Waals surface area contributed by atoms with Gasteiger partial charge in [0.1, 0.15) is 18.5 Å². The van der Waals surface area contributed by atoms with E-state index in [2.05, 4.69) is 5.32 Å². The summed E-state index contributed by atoms with van der Waals surface area (Å²) >= 11 is 5.65. The number of hydrogen-bond acceptors (Lipinski definition) is 5. The van der Waals surface area contributed by atoms with Crippen LogP contribution in [0.2, 0.25) is 5.02 Å². The molecule has 0 aliphatic rings. The number of benzene rings is 2. The first-order valence-electron chi connectivity index (χ1n) is 7.62. The molecule has 0 spiro atoms. The number of hydroxylamine groups is 1. The van der Waals surface area contributed by atoms with Crippen LogP contribution in [0.4, 0.5) is 24.5 Å². The van der Waals surface area contributed by atoms with Crippen molar-refractivity contribution in [3.8, 4) is 0 Å². The van der Waals surface area contributed by atoms with Crippen molar-refractivity contribution < 1.29 is 32.6 Å². The Labute approximate surface area is 157 Å². The van der Waals surface area contributed by atoms with Gasteiger partial charge in [-0.25, -0.2) is 18.7 Å². The Morgan fingerprint density at radius 2 is 1.93 bits per heavy atom. The molecule has 146 valence electrons. The number of nitrogens with one attached hydrogen (secondary N) is 2. The summed E-state index contributed by atoms with van der Waals surface area (Å²) < 4.78 is 46.4. The quantitative estimate of drug-likeness (QED) is 0.589. The maximum Gasteiger partial charge on any atom is 0.277 e. The molecule has 27 heavy (non-hydrogen) atoms. The lowest BCUT2D eigenvalue weighted by Crippen LogP contribution is -2.30. The standard InChI is InChI=1S/C17H16ClF3N2O4/c1-26-7-10(24)8-27-23-17(25)11-3-4-12(19)15(21)16(11)22-14-5-2-9(18)6-13(14)20/h2-6,10,22,24H,7-8H2,1H3,(H,23,25). The zero-order chi connectivity index (χ0) is 20.0. The molecule has 0 heterocycles. The number of amides is 1. The van der Waals surface area contributed by atoms with Crippen molar-refractivity contribution in [2.75, 3.05) is 25.6 Å². The van der Waals surface area contributed by atoms with Gasteiger partial charge in [-0.05, 0) is 30.3 Å². The zero-order valence-electron chi connectivity index (χ0n) is 14.1. The Hall–Kier alpha value is -2.33. The first-order chi connectivity index (χ1) is 12.8. The number of ether oxygens (including phenoxy) is 1. The summed E-state index contributed by atoms with van der Waals surface area (Å²) in [5.74, 6) is -4.37. The van der Waals surface area contributed by atoms with Gasteiger partial charge in [0.2, 0.25) is 0 Å². The van der Waals surface area contributed by atoms with Gasteiger partial charge in [-0.2, -0.15) is 0 Å². The van der Waals surface area contributed by atoms with E-state index in [-0.39, 0.29) is 29.5 Å². The van der Waals surface area contributed by atoms with Gasteiger partial charge < -0.3 is 15.2 Å². The van der Waals surface area contributed by atoms with E-state index in [9.17, 15) is 23.1 Å². The SMILES string of the molecule is COCC(O)CONC(=O)c1ccc(F)c(F)c1Nc1ccc(Cl)cc1F. The highest BCUT2D eigenvalue weighted by Gasteiger charge is 2.20. The molecule has 0 saturated heterocycles. The molecular formula is C17H16ClF3N2O4. The number of aliphatic hydroxyl groups excluding tert-OH is 1. The minimum Gasteiger partial charge on any atom is -0.388 e. The third kappa shape index (κ3) is 5.57. The van der Waals surface area contributed by atoms with Crippen molar-refractivity contribution in [2.24, 2.45) is 0 Å². The first-order valence-corrected chi connectivity index (χ1v) is 8.00. The van der Waals surface area contributed by atoms with Crippen molar-refractivity contribution in [1.29, 1.82) is 0 Å². The van der Waals surface area contributed by atoms with Crippen LogP contribution in [0.1, 0.15) is 10.4 Å². The summed E-state index contributed by atoms with van der Waals surface area (Å²) in [4.78, 5) is 17.0. The molecule has 10 heteroatoms. The number of rotatable bonds is 8. The van der Waals surface area contributed by atoms with E-state index in [0.717, 1.165) is 18.2 Å². The molecule has 1 unspecified atom stereocenters. The van der Waals surface area contributed by atoms with E-state index < -0.39 is 35.2 Å². The van der Waals surface area contributed by atoms with Crippen molar-refractivity contribution in [3.63, 3.8) is 0 Å². The van der Waals surface area contributed by atoms with E-state index in [4.69, 9.17) is 21.2 Å². The number of carbonyl (C=O) groups excluding carboxylic acids is 1. The Bertz CT molecular complexity index is 823. The summed E-state index contributed by atoms with van der Waals surface area (Å²) in [5, 5.41) is 11.9. The number of halogens is 4. The molecule has 0 saturated carbocycles. The number of anilines is 2. The highest BCUT2D eigenvalue weighted by molar-refractivity contribution is 6.30. The third-order valence-corrected chi connectivity index (χ3v) is 3.57. The van der Waals surface area contributed by atoms with Crippen LogP contribution in [-0.4, -0.2) is 37.4 Å². The van der Waals surface area contributed by atoms with Crippen LogP contribution >= 0.6 is 11.6 Å². The molecule has 6 nitrogen and oxygen atoms in total. The van der Waals surface area contributed by atoms with E-state index >= 15 is 0 Å². The molecule has 2 aromatic carbocycles. The van der Waals surface area contributed by atoms with Gasteiger partial charge in [-0.3, -0.25) is 9.63 Å². The maximum absolute atomic E-state index is 14.2. The minimum atomic E-state index is -1.38. The second-order valence-electron chi connectivity index (χ2n) is 5.38. The van der Waals surface area contributed by atoms with Crippen LogP contribution in [0.25, 0.3) is 0 Å². The van der Waals surface area contributed by atoms with Crippen LogP contribution in [0.5, 0.6) is 0 Å². The zero-order valence-corrected chi connectivity index (χ0v) is 14.8. The second kappa shape index (κ2) is 9.56. The predicted octanol–water partition coefficient (Wildman–Crippen LogP) is 3.17. The number of carbonyl (C=O) groups is 1. The summed E-state index contributed by atoms with van der Waals surface area (Å²) in [6.07, 6.45) is -0.999. The average molecular weight is 405 g/mol. The fourth-order valence-corrected chi connectivity index (χ4v) is 2.25. The van der Waals surface area contributed by atoms with Gasteiger partial charge in [0.25, 0.3) is 5.91 Å². The van der Waals surface area contributed by atoms with Crippen LogP contribution in [0, 0.1) is 17.5 Å². The predicted molar refractivity (Wildman–Crippen MR) is 92.4 cm³/mol. The number of methoxy groups -OCH3 is 1. The van der Waals surface area contributed by atoms with E-state index in [1.54, 1.807) is 0 Å². The van der Waals surface area contributed by atoms with E-state index in [1.165, 1.54) is 19.2 Å². The van der Waals surface area contributed by atoms with Crippen LogP contribution < -0.4 is 10.8 Å². The molecule has 3 N–H and O–H groups in total. The average Bonchev–Trinajstić information content (AvgIpc) is 2.61. The normalized spacial score (nSPS) is 11.9. The van der Waals surface area contributed by atoms with E-state index in [1.807, 2.05) is 5.48 Å². The number of hydrogen-bond donors (Lipinski definition) is 3. The van der Waals surface area contributed by atoms with Gasteiger partial charge in [-0.15, -0.1) is 0 Å². The Kier molecular flexibility index (Phi) is 7.43. The fraction of sp³-hybridized carbons (Fsp3) is 0.235. The van der Waals surface area contributed by atoms with Gasteiger partial charge in [0, 0.05) is 12.1 Å². The summed E-state index contributed by atoms with van der Waals surface area (Å²) in [6.45, 7) is -0.318. The van der Waals surface area contributed by atoms with Crippen LogP contribution in [0.3, 0.4) is 0 Å². The fourth-order valence-electron chi connectivity index (χ4n) is 2.09. The van der Waals surface area contributed by atoms with Crippen LogP contribution in [0.15, 0.2) is 30.3 Å². The highest BCUT2D eigenvalue weighted by Crippen LogP contribution is 2.29. The Morgan fingerprint density at radius 1 is 1.19 bits per heavy atom. The molecule has 0 aromatic heterocycles. The highest BCUT2D eigenvalue weighted by atomic mass is 35.5. The monoisotopic (exact) mass is 404 g/mol. The maximum atomic E-state index is 14.2. The molecule has 1 amide bonds. The largest absolute Gasteiger partial charge is 0.388 e. The Balaban J connectivity index is 2.21. The van der Waals surface area contributed by atoms with Crippen LogP contribution in [-0.2, 0) is 9.57 Å². The first kappa shape index (κ1) is 21.0. The van der Waals surface area contributed by atoms with Gasteiger partial charge in [0.05, 0.1) is 23.5 Å². The second-order valence-corrected chi connectivity index (χ2v) is 5.82. The molecular weight excluding hydrogens is 389 g/mol. The lowest BCUT2D eigenvalue weighted by molar-refractivity contribution is -0.0365. The summed E-state index contributed by atoms with van der Waals surface area (Å²) in [6, 6.07) is 5.26. The summed E-state index contributed by atoms with van der Waals surface area (Å²) in [5.41, 5.74) is 0.842. The van der Waals surface area contributed by atoms with Gasteiger partial charge in [-0.1, -0.05) is 11.6 Å². The lowest BCUT2D eigenvalue weighted by atomic mass is 10.1. The van der Waals surface area contributed by atoms with Gasteiger partial charge >= 0.3 is 0 Å².